The molecule has 1 aliphatic heterocycles. The number of carbonyl (C=O) groups excluding carboxylic acids is 4. The molecule has 234 valence electrons. The number of fused-ring (bicyclic) bond motifs is 2. The predicted octanol–water partition coefficient (Wildman–Crippen LogP) is 3.35. The molecule has 2 bridgehead atoms. The number of nitrogens with zero attached hydrogens (tertiary/aromatic N) is 4. The summed E-state index contributed by atoms with van der Waals surface area (Å²) in [5.41, 5.74) is 3.28. The second-order valence-electron chi connectivity index (χ2n) is 11.8. The van der Waals surface area contributed by atoms with E-state index in [1.54, 1.807) is 14.5 Å². The molecule has 1 unspecified atom stereocenters. The summed E-state index contributed by atoms with van der Waals surface area (Å²) in [7, 11) is 1.84. The average molecular weight is 627 g/mol. The number of aromatic nitrogens is 2. The number of thiophene rings is 1. The summed E-state index contributed by atoms with van der Waals surface area (Å²) in [6.45, 7) is 1.26. The smallest absolute Gasteiger partial charge is 0.272 e. The number of carbonyl (C=O) groups is 4. The molecule has 10 nitrogen and oxygen atoms in total. The first-order chi connectivity index (χ1) is 21.9. The Morgan fingerprint density at radius 2 is 1.82 bits per heavy atom. The van der Waals surface area contributed by atoms with Gasteiger partial charge in [-0.25, -0.2) is 0 Å². The van der Waals surface area contributed by atoms with Crippen LogP contribution in [0.5, 0.6) is 0 Å². The van der Waals surface area contributed by atoms with E-state index in [1.165, 1.54) is 11.3 Å². The first kappa shape index (κ1) is 30.5. The Morgan fingerprint density at radius 3 is 2.64 bits per heavy atom. The van der Waals surface area contributed by atoms with Gasteiger partial charge in [0.05, 0.1) is 11.4 Å². The molecule has 4 amide bonds. The summed E-state index contributed by atoms with van der Waals surface area (Å²) in [5.74, 6) is -0.757. The maximum atomic E-state index is 13.7. The second-order valence-corrected chi connectivity index (χ2v) is 12.8. The Kier molecular flexibility index (Phi) is 9.25. The lowest BCUT2D eigenvalue weighted by Gasteiger charge is -2.27. The SMILES string of the molecule is Cn1nc2c3c1CCC(C3)NC(=O)CN(CCc1ccccc1)C(=O)CCCN(C(=O)c1cc3ccccc3s1)CCNC2=O. The predicted molar refractivity (Wildman–Crippen MR) is 173 cm³/mol. The number of hydrogen-bond acceptors (Lipinski definition) is 6. The molecule has 0 radical (unpaired) electrons. The molecule has 0 spiro atoms. The fourth-order valence-corrected chi connectivity index (χ4v) is 7.30. The monoisotopic (exact) mass is 626 g/mol. The number of rotatable bonds is 4. The highest BCUT2D eigenvalue weighted by Crippen LogP contribution is 2.27. The number of amides is 4. The summed E-state index contributed by atoms with van der Waals surface area (Å²) in [5, 5.41) is 11.6. The van der Waals surface area contributed by atoms with Crippen molar-refractivity contribution in [3.63, 3.8) is 0 Å². The average Bonchev–Trinajstić information content (AvgIpc) is 3.63. The van der Waals surface area contributed by atoms with Crippen molar-refractivity contribution in [2.75, 3.05) is 32.7 Å². The summed E-state index contributed by atoms with van der Waals surface area (Å²) in [6.07, 6.45) is 3.18. The normalized spacial score (nSPS) is 18.4. The van der Waals surface area contributed by atoms with Gasteiger partial charge in [0.1, 0.15) is 0 Å². The molecule has 0 saturated carbocycles. The van der Waals surface area contributed by atoms with Gasteiger partial charge in [0.25, 0.3) is 11.8 Å². The van der Waals surface area contributed by atoms with Gasteiger partial charge < -0.3 is 20.4 Å². The van der Waals surface area contributed by atoms with Crippen LogP contribution in [0.15, 0.2) is 60.7 Å². The highest BCUT2D eigenvalue weighted by Gasteiger charge is 2.30. The number of hydrogen-bond donors (Lipinski definition) is 2. The Labute approximate surface area is 266 Å². The van der Waals surface area contributed by atoms with Crippen LogP contribution < -0.4 is 10.6 Å². The molecule has 0 saturated heterocycles. The van der Waals surface area contributed by atoms with E-state index in [0.29, 0.717) is 55.9 Å². The van der Waals surface area contributed by atoms with E-state index in [-0.39, 0.29) is 49.2 Å². The van der Waals surface area contributed by atoms with Gasteiger partial charge in [-0.3, -0.25) is 23.9 Å². The summed E-state index contributed by atoms with van der Waals surface area (Å²) >= 11 is 1.44. The Hall–Kier alpha value is -4.51. The van der Waals surface area contributed by atoms with Crippen LogP contribution in [0.4, 0.5) is 0 Å². The van der Waals surface area contributed by atoms with Crippen LogP contribution in [0.3, 0.4) is 0 Å². The van der Waals surface area contributed by atoms with E-state index >= 15 is 0 Å². The summed E-state index contributed by atoms with van der Waals surface area (Å²) < 4.78 is 2.78. The van der Waals surface area contributed by atoms with Gasteiger partial charge in [0.15, 0.2) is 5.69 Å². The van der Waals surface area contributed by atoms with Crippen molar-refractivity contribution in [3.05, 3.63) is 88.1 Å². The van der Waals surface area contributed by atoms with Crippen molar-refractivity contribution in [3.8, 4) is 0 Å². The molecule has 6 rings (SSSR count). The van der Waals surface area contributed by atoms with E-state index in [4.69, 9.17) is 0 Å². The molecule has 4 aromatic rings. The third kappa shape index (κ3) is 7.09. The quantitative estimate of drug-likeness (QED) is 0.361. The summed E-state index contributed by atoms with van der Waals surface area (Å²) in [6, 6.07) is 19.5. The molecule has 1 atom stereocenters. The van der Waals surface area contributed by atoms with Crippen molar-refractivity contribution in [2.45, 2.75) is 44.6 Å². The van der Waals surface area contributed by atoms with Crippen molar-refractivity contribution in [1.82, 2.24) is 30.2 Å². The van der Waals surface area contributed by atoms with Crippen molar-refractivity contribution >= 4 is 45.1 Å². The molecule has 2 N–H and O–H groups in total. The molecule has 2 aliphatic rings. The standard InChI is InChI=1S/C34H38N6O4S/c1-38-27-14-13-25-21-26(27)32(37-38)33(43)35-16-19-39(34(44)29-20-24-10-5-6-11-28(24)45-29)17-7-12-31(42)40(22-30(41)36-25)18-15-23-8-3-2-4-9-23/h2-6,8-11,20,25H,7,12-19,21-22H2,1H3,(H,35,43)(H,36,41). The first-order valence-electron chi connectivity index (χ1n) is 15.6. The lowest BCUT2D eigenvalue weighted by atomic mass is 9.91. The van der Waals surface area contributed by atoms with Gasteiger partial charge in [-0.2, -0.15) is 5.10 Å². The maximum Gasteiger partial charge on any atom is 0.272 e. The van der Waals surface area contributed by atoms with Crippen molar-refractivity contribution in [2.24, 2.45) is 7.05 Å². The van der Waals surface area contributed by atoms with Crippen LogP contribution in [0, 0.1) is 0 Å². The zero-order chi connectivity index (χ0) is 31.3. The number of benzene rings is 2. The van der Waals surface area contributed by atoms with E-state index < -0.39 is 0 Å². The molecule has 45 heavy (non-hydrogen) atoms. The molecule has 11 heteroatoms. The molecule has 2 aromatic carbocycles. The summed E-state index contributed by atoms with van der Waals surface area (Å²) in [4.78, 5) is 57.8. The highest BCUT2D eigenvalue weighted by atomic mass is 32.1. The fraction of sp³-hybridized carbons (Fsp3) is 0.382. The van der Waals surface area contributed by atoms with E-state index in [9.17, 15) is 19.2 Å². The highest BCUT2D eigenvalue weighted by molar-refractivity contribution is 7.20. The molecule has 0 fully saturated rings. The van der Waals surface area contributed by atoms with Crippen LogP contribution in [0.2, 0.25) is 0 Å². The van der Waals surface area contributed by atoms with Crippen LogP contribution in [0.25, 0.3) is 10.1 Å². The van der Waals surface area contributed by atoms with E-state index in [0.717, 1.165) is 33.3 Å². The van der Waals surface area contributed by atoms with Crippen LogP contribution in [-0.2, 0) is 35.9 Å². The maximum absolute atomic E-state index is 13.7. The molecular weight excluding hydrogens is 588 g/mol. The van der Waals surface area contributed by atoms with Crippen LogP contribution in [0.1, 0.15) is 56.2 Å². The molecule has 2 aromatic heterocycles. The van der Waals surface area contributed by atoms with Gasteiger partial charge in [-0.05, 0) is 55.2 Å². The largest absolute Gasteiger partial charge is 0.351 e. The van der Waals surface area contributed by atoms with Crippen molar-refractivity contribution < 1.29 is 19.2 Å². The third-order valence-electron chi connectivity index (χ3n) is 8.65. The fourth-order valence-electron chi connectivity index (χ4n) is 6.27. The zero-order valence-electron chi connectivity index (χ0n) is 25.5. The molecule has 1 aliphatic carbocycles. The topological polar surface area (TPSA) is 117 Å². The minimum Gasteiger partial charge on any atom is -0.351 e. The van der Waals surface area contributed by atoms with Crippen molar-refractivity contribution in [1.29, 1.82) is 0 Å². The van der Waals surface area contributed by atoms with Gasteiger partial charge in [-0.1, -0.05) is 48.5 Å². The molecular formula is C34H38N6O4S. The van der Waals surface area contributed by atoms with Gasteiger partial charge >= 0.3 is 0 Å². The van der Waals surface area contributed by atoms with E-state index in [1.807, 2.05) is 67.7 Å². The molecule has 3 heterocycles. The van der Waals surface area contributed by atoms with Gasteiger partial charge in [0.2, 0.25) is 11.8 Å². The Morgan fingerprint density at radius 1 is 1.02 bits per heavy atom. The Balaban J connectivity index is 1.24. The minimum absolute atomic E-state index is 0.0418. The van der Waals surface area contributed by atoms with Crippen LogP contribution >= 0.6 is 11.3 Å². The zero-order valence-corrected chi connectivity index (χ0v) is 26.3. The number of nitrogens with one attached hydrogen (secondary N) is 2. The number of aryl methyl sites for hydroxylation is 1. The lowest BCUT2D eigenvalue weighted by molar-refractivity contribution is -0.136. The second kappa shape index (κ2) is 13.6. The first-order valence-corrected chi connectivity index (χ1v) is 16.4. The van der Waals surface area contributed by atoms with Gasteiger partial charge in [0, 0.05) is 61.6 Å². The Bertz CT molecular complexity index is 1680. The third-order valence-corrected chi connectivity index (χ3v) is 9.75. The van der Waals surface area contributed by atoms with Crippen LogP contribution in [-0.4, -0.2) is 82.0 Å². The lowest BCUT2D eigenvalue weighted by Crippen LogP contribution is -2.46. The minimum atomic E-state index is -0.292. The van der Waals surface area contributed by atoms with Gasteiger partial charge in [-0.15, -0.1) is 11.3 Å². The van der Waals surface area contributed by atoms with E-state index in [2.05, 4.69) is 15.7 Å².